The zero-order valence-electron chi connectivity index (χ0n) is 13.1. The lowest BCUT2D eigenvalue weighted by atomic mass is 10.0. The van der Waals surface area contributed by atoms with Crippen LogP contribution in [0.15, 0.2) is 12.1 Å². The van der Waals surface area contributed by atoms with E-state index in [9.17, 15) is 5.11 Å². The number of pyridine rings is 1. The highest BCUT2D eigenvalue weighted by Crippen LogP contribution is 2.25. The lowest BCUT2D eigenvalue weighted by Gasteiger charge is -2.23. The monoisotopic (exact) mass is 281 g/mol. The third kappa shape index (κ3) is 5.65. The summed E-state index contributed by atoms with van der Waals surface area (Å²) in [6.45, 7) is 10.2. The van der Waals surface area contributed by atoms with Crippen LogP contribution < -0.4 is 15.8 Å². The minimum Gasteiger partial charge on any atom is -0.470 e. The van der Waals surface area contributed by atoms with E-state index in [-0.39, 0.29) is 18.2 Å². The molecule has 1 rings (SSSR count). The summed E-state index contributed by atoms with van der Waals surface area (Å²) < 4.78 is 5.73. The fourth-order valence-corrected chi connectivity index (χ4v) is 1.86. The van der Waals surface area contributed by atoms with Gasteiger partial charge < -0.3 is 20.9 Å². The van der Waals surface area contributed by atoms with E-state index in [1.807, 2.05) is 20.8 Å². The summed E-state index contributed by atoms with van der Waals surface area (Å²) in [4.78, 5) is 4.38. The average Bonchev–Trinajstić information content (AvgIpc) is 2.30. The standard InChI is InChI=1S/C15H27N3O2/c1-10(2)8-11(9-19)17-13-7-6-12(16)14(18-13)20-15(3,4)5/h6-7,10-11,19H,8-9,16H2,1-5H3,(H,17,18). The number of hydrogen-bond acceptors (Lipinski definition) is 5. The summed E-state index contributed by atoms with van der Waals surface area (Å²) in [7, 11) is 0. The number of aromatic nitrogens is 1. The fourth-order valence-electron chi connectivity index (χ4n) is 1.86. The number of nitrogens with two attached hydrogens (primary N) is 1. The highest BCUT2D eigenvalue weighted by molar-refractivity contribution is 5.54. The number of nitrogens with zero attached hydrogens (tertiary/aromatic N) is 1. The molecule has 0 spiro atoms. The maximum atomic E-state index is 9.40. The minimum atomic E-state index is -0.353. The van der Waals surface area contributed by atoms with Crippen LogP contribution in [0.5, 0.6) is 5.88 Å². The van der Waals surface area contributed by atoms with Crippen LogP contribution in [0.3, 0.4) is 0 Å². The molecule has 0 aliphatic rings. The molecular formula is C15H27N3O2. The third-order valence-electron chi connectivity index (χ3n) is 2.62. The molecule has 0 saturated heterocycles. The molecule has 1 atom stereocenters. The Morgan fingerprint density at radius 2 is 2.00 bits per heavy atom. The number of aliphatic hydroxyl groups is 1. The van der Waals surface area contributed by atoms with Crippen molar-refractivity contribution in [1.82, 2.24) is 4.98 Å². The van der Waals surface area contributed by atoms with Crippen LogP contribution in [-0.4, -0.2) is 28.3 Å². The van der Waals surface area contributed by atoms with Crippen molar-refractivity contribution in [1.29, 1.82) is 0 Å². The van der Waals surface area contributed by atoms with Gasteiger partial charge in [-0.1, -0.05) is 13.8 Å². The van der Waals surface area contributed by atoms with Crippen molar-refractivity contribution >= 4 is 11.5 Å². The van der Waals surface area contributed by atoms with Gasteiger partial charge in [-0.25, -0.2) is 0 Å². The molecule has 5 nitrogen and oxygen atoms in total. The second-order valence-corrected chi connectivity index (χ2v) is 6.46. The van der Waals surface area contributed by atoms with Gasteiger partial charge in [0.25, 0.3) is 0 Å². The molecule has 1 aromatic rings. The van der Waals surface area contributed by atoms with E-state index in [0.29, 0.717) is 23.3 Å². The van der Waals surface area contributed by atoms with Gasteiger partial charge in [-0.3, -0.25) is 0 Å². The number of hydrogen-bond donors (Lipinski definition) is 3. The molecule has 0 aliphatic carbocycles. The first kappa shape index (κ1) is 16.6. The summed E-state index contributed by atoms with van der Waals surface area (Å²) in [5, 5.41) is 12.6. The van der Waals surface area contributed by atoms with Crippen molar-refractivity contribution in [3.63, 3.8) is 0 Å². The summed E-state index contributed by atoms with van der Waals surface area (Å²) in [6.07, 6.45) is 0.873. The molecule has 0 bridgehead atoms. The van der Waals surface area contributed by atoms with Crippen molar-refractivity contribution in [3.05, 3.63) is 12.1 Å². The molecule has 0 saturated carbocycles. The number of anilines is 2. The topological polar surface area (TPSA) is 80.4 Å². The Kier molecular flexibility index (Phi) is 5.62. The summed E-state index contributed by atoms with van der Waals surface area (Å²) in [5.74, 6) is 1.58. The maximum Gasteiger partial charge on any atom is 0.239 e. The lowest BCUT2D eigenvalue weighted by Crippen LogP contribution is -2.27. The smallest absolute Gasteiger partial charge is 0.239 e. The maximum absolute atomic E-state index is 9.40. The van der Waals surface area contributed by atoms with Crippen LogP contribution in [0, 0.1) is 5.92 Å². The second-order valence-electron chi connectivity index (χ2n) is 6.46. The fraction of sp³-hybridized carbons (Fsp3) is 0.667. The largest absolute Gasteiger partial charge is 0.470 e. The molecule has 0 radical (unpaired) electrons. The van der Waals surface area contributed by atoms with Crippen molar-refractivity contribution in [2.24, 2.45) is 5.92 Å². The van der Waals surface area contributed by atoms with Gasteiger partial charge in [-0.15, -0.1) is 0 Å². The van der Waals surface area contributed by atoms with Crippen molar-refractivity contribution in [2.45, 2.75) is 52.7 Å². The van der Waals surface area contributed by atoms with Crippen LogP contribution in [0.2, 0.25) is 0 Å². The van der Waals surface area contributed by atoms with Crippen molar-refractivity contribution < 1.29 is 9.84 Å². The van der Waals surface area contributed by atoms with Gasteiger partial charge in [0.2, 0.25) is 5.88 Å². The van der Waals surface area contributed by atoms with Crippen LogP contribution in [-0.2, 0) is 0 Å². The zero-order valence-corrected chi connectivity index (χ0v) is 13.1. The van der Waals surface area contributed by atoms with Gasteiger partial charge >= 0.3 is 0 Å². The first-order valence-electron chi connectivity index (χ1n) is 7.04. The zero-order chi connectivity index (χ0) is 15.3. The molecule has 20 heavy (non-hydrogen) atoms. The predicted molar refractivity (Wildman–Crippen MR) is 83.0 cm³/mol. The first-order chi connectivity index (χ1) is 9.21. The van der Waals surface area contributed by atoms with E-state index in [4.69, 9.17) is 10.5 Å². The van der Waals surface area contributed by atoms with Crippen LogP contribution >= 0.6 is 0 Å². The number of nitrogen functional groups attached to an aromatic ring is 1. The molecule has 0 aliphatic heterocycles. The van der Waals surface area contributed by atoms with E-state index >= 15 is 0 Å². The Morgan fingerprint density at radius 3 is 2.50 bits per heavy atom. The van der Waals surface area contributed by atoms with Gasteiger partial charge in [0.15, 0.2) is 0 Å². The van der Waals surface area contributed by atoms with E-state index in [2.05, 4.69) is 24.1 Å². The molecule has 1 aromatic heterocycles. The number of rotatable bonds is 6. The van der Waals surface area contributed by atoms with Gasteiger partial charge in [0.1, 0.15) is 11.4 Å². The summed E-state index contributed by atoms with van der Waals surface area (Å²) in [6, 6.07) is 3.54. The number of aliphatic hydroxyl groups excluding tert-OH is 1. The predicted octanol–water partition coefficient (Wildman–Crippen LogP) is 2.66. The number of ether oxygens (including phenoxy) is 1. The van der Waals surface area contributed by atoms with E-state index in [0.717, 1.165) is 6.42 Å². The highest BCUT2D eigenvalue weighted by Gasteiger charge is 2.16. The molecule has 4 N–H and O–H groups in total. The Labute approximate surface area is 121 Å². The van der Waals surface area contributed by atoms with Crippen LogP contribution in [0.4, 0.5) is 11.5 Å². The first-order valence-corrected chi connectivity index (χ1v) is 7.04. The molecular weight excluding hydrogens is 254 g/mol. The van der Waals surface area contributed by atoms with Crippen molar-refractivity contribution in [2.75, 3.05) is 17.7 Å². The van der Waals surface area contributed by atoms with Crippen LogP contribution in [0.1, 0.15) is 41.0 Å². The SMILES string of the molecule is CC(C)CC(CO)Nc1ccc(N)c(OC(C)(C)C)n1. The third-order valence-corrected chi connectivity index (χ3v) is 2.62. The second kappa shape index (κ2) is 6.79. The molecule has 0 amide bonds. The Bertz CT molecular complexity index is 428. The van der Waals surface area contributed by atoms with E-state index in [1.54, 1.807) is 12.1 Å². The van der Waals surface area contributed by atoms with Gasteiger partial charge in [0.05, 0.1) is 18.3 Å². The van der Waals surface area contributed by atoms with E-state index < -0.39 is 0 Å². The van der Waals surface area contributed by atoms with Crippen LogP contribution in [0.25, 0.3) is 0 Å². The molecule has 1 heterocycles. The van der Waals surface area contributed by atoms with Gasteiger partial charge in [-0.2, -0.15) is 4.98 Å². The Balaban J connectivity index is 2.83. The minimum absolute atomic E-state index is 0.0198. The van der Waals surface area contributed by atoms with Gasteiger partial charge in [0, 0.05) is 0 Å². The molecule has 0 fully saturated rings. The average molecular weight is 281 g/mol. The molecule has 0 aromatic carbocycles. The summed E-state index contributed by atoms with van der Waals surface area (Å²) in [5.41, 5.74) is 6.03. The number of nitrogens with one attached hydrogen (secondary N) is 1. The van der Waals surface area contributed by atoms with Gasteiger partial charge in [-0.05, 0) is 45.2 Å². The lowest BCUT2D eigenvalue weighted by molar-refractivity contribution is 0.125. The molecule has 1 unspecified atom stereocenters. The Morgan fingerprint density at radius 1 is 1.35 bits per heavy atom. The Hall–Kier alpha value is -1.49. The molecule has 5 heteroatoms. The van der Waals surface area contributed by atoms with E-state index in [1.165, 1.54) is 0 Å². The highest BCUT2D eigenvalue weighted by atomic mass is 16.5. The van der Waals surface area contributed by atoms with Crippen molar-refractivity contribution in [3.8, 4) is 5.88 Å². The molecule has 114 valence electrons. The summed E-state index contributed by atoms with van der Waals surface area (Å²) >= 11 is 0. The quantitative estimate of drug-likeness (QED) is 0.747. The normalized spacial score (nSPS) is 13.3.